The Hall–Kier alpha value is -0.940. The second-order valence-electron chi connectivity index (χ2n) is 5.82. The molecule has 0 amide bonds. The van der Waals surface area contributed by atoms with Crippen molar-refractivity contribution in [1.29, 1.82) is 0 Å². The molecule has 2 heterocycles. The molecule has 1 aliphatic heterocycles. The molecule has 2 fully saturated rings. The van der Waals surface area contributed by atoms with Gasteiger partial charge < -0.3 is 14.6 Å². The van der Waals surface area contributed by atoms with Gasteiger partial charge in [0, 0.05) is 19.7 Å². The maximum atomic E-state index is 5.15. The summed E-state index contributed by atoms with van der Waals surface area (Å²) in [6.07, 6.45) is 9.86. The lowest BCUT2D eigenvalue weighted by molar-refractivity contribution is 0.165. The van der Waals surface area contributed by atoms with Crippen molar-refractivity contribution in [3.05, 3.63) is 12.2 Å². The number of nitrogens with one attached hydrogen (secondary N) is 1. The number of hydrogen-bond donors (Lipinski definition) is 1. The normalized spacial score (nSPS) is 31.1. The average molecular weight is 264 g/mol. The molecule has 1 aromatic rings. The van der Waals surface area contributed by atoms with Crippen LogP contribution in [0.5, 0.6) is 0 Å². The molecule has 5 heteroatoms. The molecular weight excluding hydrogens is 240 g/mol. The lowest BCUT2D eigenvalue weighted by Gasteiger charge is -2.40. The highest BCUT2D eigenvalue weighted by Gasteiger charge is 2.33. The molecule has 3 atom stereocenters. The van der Waals surface area contributed by atoms with Gasteiger partial charge in [-0.3, -0.25) is 0 Å². The summed E-state index contributed by atoms with van der Waals surface area (Å²) >= 11 is 0. The molecule has 1 N–H and O–H groups in total. The van der Waals surface area contributed by atoms with Crippen LogP contribution in [-0.4, -0.2) is 34.5 Å². The number of methoxy groups -OCH3 is 1. The van der Waals surface area contributed by atoms with Crippen LogP contribution >= 0.6 is 0 Å². The van der Waals surface area contributed by atoms with E-state index in [1.807, 2.05) is 6.33 Å². The molecular formula is C14H24N4O. The summed E-state index contributed by atoms with van der Waals surface area (Å²) in [5, 5.41) is 12.2. The van der Waals surface area contributed by atoms with Crippen LogP contribution in [-0.2, 0) is 11.3 Å². The van der Waals surface area contributed by atoms with Gasteiger partial charge in [-0.15, -0.1) is 10.2 Å². The van der Waals surface area contributed by atoms with Crippen molar-refractivity contribution >= 4 is 0 Å². The number of ether oxygens (including phenoxy) is 1. The smallest absolute Gasteiger partial charge is 0.150 e. The van der Waals surface area contributed by atoms with E-state index in [1.165, 1.54) is 38.5 Å². The molecule has 0 radical (unpaired) electrons. The zero-order valence-corrected chi connectivity index (χ0v) is 11.7. The van der Waals surface area contributed by atoms with Crippen molar-refractivity contribution in [2.45, 2.75) is 57.2 Å². The first-order valence-electron chi connectivity index (χ1n) is 7.51. The van der Waals surface area contributed by atoms with Crippen LogP contribution in [0.3, 0.4) is 0 Å². The Morgan fingerprint density at radius 2 is 2.21 bits per heavy atom. The molecule has 19 heavy (non-hydrogen) atoms. The van der Waals surface area contributed by atoms with Crippen LogP contribution in [0.1, 0.15) is 50.4 Å². The third kappa shape index (κ3) is 2.82. The number of hydrogen-bond acceptors (Lipinski definition) is 4. The van der Waals surface area contributed by atoms with Crippen LogP contribution in [0.4, 0.5) is 0 Å². The van der Waals surface area contributed by atoms with Gasteiger partial charge in [-0.25, -0.2) is 0 Å². The minimum Gasteiger partial charge on any atom is -0.383 e. The fourth-order valence-electron chi connectivity index (χ4n) is 3.59. The Balaban J connectivity index is 1.67. The zero-order valence-electron chi connectivity index (χ0n) is 11.7. The predicted octanol–water partition coefficient (Wildman–Crippen LogP) is 1.91. The fraction of sp³-hybridized carbons (Fsp3) is 0.857. The molecule has 1 aliphatic carbocycles. The molecule has 1 saturated carbocycles. The molecule has 5 nitrogen and oxygen atoms in total. The molecule has 0 bridgehead atoms. The van der Waals surface area contributed by atoms with Crippen molar-refractivity contribution < 1.29 is 4.74 Å². The van der Waals surface area contributed by atoms with Gasteiger partial charge in [0.1, 0.15) is 12.2 Å². The SMILES string of the molecule is COCCn1cnnc1C1CCC2CCCCC2N1. The lowest BCUT2D eigenvalue weighted by atomic mass is 9.77. The first-order valence-corrected chi connectivity index (χ1v) is 7.51. The summed E-state index contributed by atoms with van der Waals surface area (Å²) in [7, 11) is 1.73. The molecule has 3 rings (SSSR count). The Bertz CT molecular complexity index is 406. The van der Waals surface area contributed by atoms with E-state index in [0.29, 0.717) is 18.7 Å². The van der Waals surface area contributed by atoms with Gasteiger partial charge in [0.2, 0.25) is 0 Å². The summed E-state index contributed by atoms with van der Waals surface area (Å²) in [6, 6.07) is 1.07. The molecule has 2 aliphatic rings. The summed E-state index contributed by atoms with van der Waals surface area (Å²) in [5.74, 6) is 1.97. The van der Waals surface area contributed by atoms with Gasteiger partial charge in [0.15, 0.2) is 0 Å². The minimum absolute atomic E-state index is 0.374. The van der Waals surface area contributed by atoms with E-state index in [0.717, 1.165) is 18.3 Å². The van der Waals surface area contributed by atoms with E-state index >= 15 is 0 Å². The van der Waals surface area contributed by atoms with Gasteiger partial charge in [-0.1, -0.05) is 12.8 Å². The minimum atomic E-state index is 0.374. The molecule has 1 aromatic heterocycles. The van der Waals surface area contributed by atoms with Crippen LogP contribution in [0.15, 0.2) is 6.33 Å². The number of rotatable bonds is 4. The van der Waals surface area contributed by atoms with Crippen molar-refractivity contribution in [1.82, 2.24) is 20.1 Å². The van der Waals surface area contributed by atoms with Crippen molar-refractivity contribution in [3.63, 3.8) is 0 Å². The van der Waals surface area contributed by atoms with Gasteiger partial charge in [0.05, 0.1) is 12.6 Å². The van der Waals surface area contributed by atoms with Crippen LogP contribution in [0, 0.1) is 5.92 Å². The van der Waals surface area contributed by atoms with Crippen molar-refractivity contribution in [2.75, 3.05) is 13.7 Å². The first-order chi connectivity index (χ1) is 9.38. The fourth-order valence-corrected chi connectivity index (χ4v) is 3.59. The number of piperidine rings is 1. The van der Waals surface area contributed by atoms with E-state index in [2.05, 4.69) is 20.1 Å². The van der Waals surface area contributed by atoms with Crippen molar-refractivity contribution in [2.24, 2.45) is 5.92 Å². The average Bonchev–Trinajstić information content (AvgIpc) is 2.93. The van der Waals surface area contributed by atoms with Crippen molar-refractivity contribution in [3.8, 4) is 0 Å². The van der Waals surface area contributed by atoms with Crippen LogP contribution in [0.2, 0.25) is 0 Å². The van der Waals surface area contributed by atoms with Gasteiger partial charge in [-0.05, 0) is 31.6 Å². The second-order valence-corrected chi connectivity index (χ2v) is 5.82. The summed E-state index contributed by atoms with van der Waals surface area (Å²) in [4.78, 5) is 0. The Labute approximate surface area is 114 Å². The Kier molecular flexibility index (Phi) is 4.13. The van der Waals surface area contributed by atoms with E-state index in [4.69, 9.17) is 4.74 Å². The third-order valence-electron chi connectivity index (χ3n) is 4.64. The monoisotopic (exact) mass is 264 g/mol. The molecule has 1 saturated heterocycles. The molecule has 106 valence electrons. The summed E-state index contributed by atoms with van der Waals surface area (Å²) < 4.78 is 7.28. The number of nitrogens with zero attached hydrogens (tertiary/aromatic N) is 3. The maximum Gasteiger partial charge on any atom is 0.150 e. The largest absolute Gasteiger partial charge is 0.383 e. The standard InChI is InChI=1S/C14H24N4O/c1-19-9-8-18-10-15-17-14(18)13-7-6-11-4-2-3-5-12(11)16-13/h10-13,16H,2-9H2,1H3. The number of fused-ring (bicyclic) bond motifs is 1. The maximum absolute atomic E-state index is 5.15. The van der Waals surface area contributed by atoms with Crippen LogP contribution in [0.25, 0.3) is 0 Å². The van der Waals surface area contributed by atoms with E-state index < -0.39 is 0 Å². The lowest BCUT2D eigenvalue weighted by Crippen LogP contribution is -2.45. The van der Waals surface area contributed by atoms with Crippen LogP contribution < -0.4 is 5.32 Å². The number of aromatic nitrogens is 3. The highest BCUT2D eigenvalue weighted by Crippen LogP contribution is 2.36. The first kappa shape index (κ1) is 13.1. The Morgan fingerprint density at radius 1 is 1.32 bits per heavy atom. The molecule has 0 spiro atoms. The zero-order chi connectivity index (χ0) is 13.1. The topological polar surface area (TPSA) is 52.0 Å². The predicted molar refractivity (Wildman–Crippen MR) is 72.8 cm³/mol. The highest BCUT2D eigenvalue weighted by molar-refractivity contribution is 5.01. The highest BCUT2D eigenvalue weighted by atomic mass is 16.5. The Morgan fingerprint density at radius 3 is 3.11 bits per heavy atom. The summed E-state index contributed by atoms with van der Waals surface area (Å²) in [5.41, 5.74) is 0. The molecule has 3 unspecified atom stereocenters. The van der Waals surface area contributed by atoms with E-state index in [1.54, 1.807) is 7.11 Å². The van der Waals surface area contributed by atoms with Gasteiger partial charge in [-0.2, -0.15) is 0 Å². The third-order valence-corrected chi connectivity index (χ3v) is 4.64. The van der Waals surface area contributed by atoms with E-state index in [-0.39, 0.29) is 0 Å². The molecule has 0 aromatic carbocycles. The van der Waals surface area contributed by atoms with Gasteiger partial charge >= 0.3 is 0 Å². The van der Waals surface area contributed by atoms with Gasteiger partial charge in [0.25, 0.3) is 0 Å². The van der Waals surface area contributed by atoms with E-state index in [9.17, 15) is 0 Å². The second kappa shape index (κ2) is 6.01. The quantitative estimate of drug-likeness (QED) is 0.902. The summed E-state index contributed by atoms with van der Waals surface area (Å²) in [6.45, 7) is 1.55.